The maximum atomic E-state index is 12.1. The number of non-ortho nitro benzene ring substituents is 1. The fourth-order valence-electron chi connectivity index (χ4n) is 1.95. The van der Waals surface area contributed by atoms with Gasteiger partial charge >= 0.3 is 5.97 Å². The molecule has 0 fully saturated rings. The first-order valence-electron chi connectivity index (χ1n) is 7.32. The quantitative estimate of drug-likeness (QED) is 0.446. The molecule has 0 radical (unpaired) electrons. The molecule has 1 N–H and O–H groups in total. The van der Waals surface area contributed by atoms with Gasteiger partial charge < -0.3 is 10.1 Å². The maximum Gasteiger partial charge on any atom is 0.306 e. The molecule has 25 heavy (non-hydrogen) atoms. The van der Waals surface area contributed by atoms with Gasteiger partial charge in [-0.3, -0.25) is 19.7 Å². The van der Waals surface area contributed by atoms with Gasteiger partial charge in [-0.2, -0.15) is 11.3 Å². The van der Waals surface area contributed by atoms with Crippen molar-refractivity contribution < 1.29 is 19.2 Å². The molecule has 1 atom stereocenters. The van der Waals surface area contributed by atoms with E-state index < -0.39 is 22.9 Å². The first kappa shape index (κ1) is 18.9. The number of benzene rings is 1. The third-order valence-electron chi connectivity index (χ3n) is 3.29. The Labute approximate surface area is 152 Å². The lowest BCUT2D eigenvalue weighted by atomic mass is 10.2. The van der Waals surface area contributed by atoms with Gasteiger partial charge in [-0.25, -0.2) is 0 Å². The predicted octanol–water partition coefficient (Wildman–Crippen LogP) is 3.81. The number of amides is 1. The van der Waals surface area contributed by atoms with Crippen molar-refractivity contribution in [2.75, 3.05) is 5.32 Å². The number of hydrogen-bond acceptors (Lipinski definition) is 6. The summed E-state index contributed by atoms with van der Waals surface area (Å²) in [6.45, 7) is 1.42. The van der Waals surface area contributed by atoms with Crippen molar-refractivity contribution in [2.45, 2.75) is 25.9 Å². The van der Waals surface area contributed by atoms with E-state index in [0.29, 0.717) is 6.42 Å². The van der Waals surface area contributed by atoms with Crippen LogP contribution in [0.15, 0.2) is 35.0 Å². The average molecular weight is 383 g/mol. The van der Waals surface area contributed by atoms with Crippen LogP contribution >= 0.6 is 22.9 Å². The minimum absolute atomic E-state index is 0.0852. The predicted molar refractivity (Wildman–Crippen MR) is 94.9 cm³/mol. The van der Waals surface area contributed by atoms with Gasteiger partial charge in [0.15, 0.2) is 6.10 Å². The number of carbonyl (C=O) groups excluding carboxylic acids is 2. The number of nitro benzene ring substituents is 1. The summed E-state index contributed by atoms with van der Waals surface area (Å²) in [5.41, 5.74) is 0.907. The molecule has 0 aliphatic heterocycles. The number of thiophene rings is 1. The van der Waals surface area contributed by atoms with E-state index in [9.17, 15) is 19.7 Å². The van der Waals surface area contributed by atoms with Gasteiger partial charge in [0.05, 0.1) is 15.6 Å². The molecule has 0 saturated carbocycles. The molecule has 9 heteroatoms. The van der Waals surface area contributed by atoms with Gasteiger partial charge in [0, 0.05) is 18.6 Å². The monoisotopic (exact) mass is 382 g/mol. The second-order valence-electron chi connectivity index (χ2n) is 5.17. The number of nitro groups is 1. The molecule has 1 aromatic heterocycles. The third kappa shape index (κ3) is 5.54. The Bertz CT molecular complexity index is 779. The molecule has 1 amide bonds. The number of carbonyl (C=O) groups is 2. The van der Waals surface area contributed by atoms with Crippen LogP contribution in [0.5, 0.6) is 0 Å². The summed E-state index contributed by atoms with van der Waals surface area (Å²) in [5.74, 6) is -1.12. The molecule has 7 nitrogen and oxygen atoms in total. The summed E-state index contributed by atoms with van der Waals surface area (Å²) >= 11 is 7.46. The highest BCUT2D eigenvalue weighted by atomic mass is 35.5. The van der Waals surface area contributed by atoms with E-state index in [4.69, 9.17) is 16.3 Å². The van der Waals surface area contributed by atoms with Crippen LogP contribution < -0.4 is 5.32 Å². The summed E-state index contributed by atoms with van der Waals surface area (Å²) in [7, 11) is 0. The van der Waals surface area contributed by atoms with E-state index in [1.807, 2.05) is 16.8 Å². The number of hydrogen-bond donors (Lipinski definition) is 1. The number of rotatable bonds is 7. The summed E-state index contributed by atoms with van der Waals surface area (Å²) in [6.07, 6.45) is -0.357. The van der Waals surface area contributed by atoms with Crippen LogP contribution in [0.4, 0.5) is 11.4 Å². The van der Waals surface area contributed by atoms with Crippen LogP contribution in [0.2, 0.25) is 5.02 Å². The lowest BCUT2D eigenvalue weighted by Crippen LogP contribution is -2.30. The summed E-state index contributed by atoms with van der Waals surface area (Å²) in [6, 6.07) is 5.60. The molecular weight excluding hydrogens is 368 g/mol. The van der Waals surface area contributed by atoms with Crippen molar-refractivity contribution in [3.63, 3.8) is 0 Å². The summed E-state index contributed by atoms with van der Waals surface area (Å²) < 4.78 is 5.08. The standard InChI is InChI=1S/C16H15ClN2O5S/c1-10(24-15(20)5-2-11-6-7-25-9-11)16(21)18-14-8-12(19(22)23)3-4-13(14)17/h3-4,6-10H,2,5H2,1H3,(H,18,21). The Kier molecular flexibility index (Phi) is 6.49. The number of aryl methyl sites for hydroxylation is 1. The van der Waals surface area contributed by atoms with Gasteiger partial charge in [0.2, 0.25) is 0 Å². The van der Waals surface area contributed by atoms with E-state index in [1.165, 1.54) is 30.4 Å². The number of halogens is 1. The van der Waals surface area contributed by atoms with Crippen molar-refractivity contribution in [3.05, 3.63) is 55.7 Å². The van der Waals surface area contributed by atoms with Crippen LogP contribution in [-0.2, 0) is 20.7 Å². The zero-order valence-corrected chi connectivity index (χ0v) is 14.8. The molecular formula is C16H15ClN2O5S. The van der Waals surface area contributed by atoms with Crippen molar-refractivity contribution in [1.82, 2.24) is 0 Å². The smallest absolute Gasteiger partial charge is 0.306 e. The number of ether oxygens (including phenoxy) is 1. The molecule has 1 heterocycles. The molecule has 2 rings (SSSR count). The Morgan fingerprint density at radius 1 is 1.40 bits per heavy atom. The van der Waals surface area contributed by atoms with E-state index in [1.54, 1.807) is 0 Å². The lowest BCUT2D eigenvalue weighted by molar-refractivity contribution is -0.384. The van der Waals surface area contributed by atoms with Crippen LogP contribution in [0.25, 0.3) is 0 Å². The van der Waals surface area contributed by atoms with Gasteiger partial charge in [-0.05, 0) is 41.8 Å². The Balaban J connectivity index is 1.90. The fraction of sp³-hybridized carbons (Fsp3) is 0.250. The van der Waals surface area contributed by atoms with Gasteiger partial charge in [-0.1, -0.05) is 11.6 Å². The number of anilines is 1. The van der Waals surface area contributed by atoms with Gasteiger partial charge in [-0.15, -0.1) is 0 Å². The minimum atomic E-state index is -1.05. The van der Waals surface area contributed by atoms with Gasteiger partial charge in [0.25, 0.3) is 11.6 Å². The highest BCUT2D eigenvalue weighted by molar-refractivity contribution is 7.07. The first-order chi connectivity index (χ1) is 11.9. The molecule has 0 spiro atoms. The van der Waals surface area contributed by atoms with Crippen molar-refractivity contribution >= 4 is 46.2 Å². The summed E-state index contributed by atoms with van der Waals surface area (Å²) in [4.78, 5) is 34.1. The average Bonchev–Trinajstić information content (AvgIpc) is 3.08. The molecule has 0 aliphatic rings. The van der Waals surface area contributed by atoms with Crippen LogP contribution in [0.1, 0.15) is 18.9 Å². The van der Waals surface area contributed by atoms with E-state index >= 15 is 0 Å². The number of esters is 1. The molecule has 0 saturated heterocycles. The van der Waals surface area contributed by atoms with Crippen LogP contribution in [-0.4, -0.2) is 22.9 Å². The Morgan fingerprint density at radius 2 is 2.16 bits per heavy atom. The Hall–Kier alpha value is -2.45. The van der Waals surface area contributed by atoms with Gasteiger partial charge in [0.1, 0.15) is 0 Å². The second kappa shape index (κ2) is 8.59. The lowest BCUT2D eigenvalue weighted by Gasteiger charge is -2.14. The normalized spacial score (nSPS) is 11.6. The molecule has 0 aliphatic carbocycles. The van der Waals surface area contributed by atoms with Crippen molar-refractivity contribution in [1.29, 1.82) is 0 Å². The molecule has 2 aromatic rings. The zero-order chi connectivity index (χ0) is 18.4. The first-order valence-corrected chi connectivity index (χ1v) is 8.64. The molecule has 0 bridgehead atoms. The van der Waals surface area contributed by atoms with Crippen molar-refractivity contribution in [2.24, 2.45) is 0 Å². The highest BCUT2D eigenvalue weighted by Crippen LogP contribution is 2.26. The minimum Gasteiger partial charge on any atom is -0.453 e. The Morgan fingerprint density at radius 3 is 2.80 bits per heavy atom. The van der Waals surface area contributed by atoms with Crippen molar-refractivity contribution in [3.8, 4) is 0 Å². The maximum absolute atomic E-state index is 12.1. The van der Waals surface area contributed by atoms with Crippen LogP contribution in [0.3, 0.4) is 0 Å². The van der Waals surface area contributed by atoms with Crippen LogP contribution in [0, 0.1) is 10.1 Å². The number of nitrogens with zero attached hydrogens (tertiary/aromatic N) is 1. The fourth-order valence-corrected chi connectivity index (χ4v) is 2.82. The van der Waals surface area contributed by atoms with E-state index in [2.05, 4.69) is 5.32 Å². The summed E-state index contributed by atoms with van der Waals surface area (Å²) in [5, 5.41) is 17.2. The number of nitrogens with one attached hydrogen (secondary N) is 1. The molecule has 132 valence electrons. The zero-order valence-electron chi connectivity index (χ0n) is 13.2. The van der Waals surface area contributed by atoms with E-state index in [0.717, 1.165) is 11.6 Å². The molecule has 1 aromatic carbocycles. The molecule has 1 unspecified atom stereocenters. The van der Waals surface area contributed by atoms with E-state index in [-0.39, 0.29) is 22.8 Å². The third-order valence-corrected chi connectivity index (χ3v) is 4.36. The SMILES string of the molecule is CC(OC(=O)CCc1ccsc1)C(=O)Nc1cc([N+](=O)[O-])ccc1Cl. The highest BCUT2D eigenvalue weighted by Gasteiger charge is 2.20. The topological polar surface area (TPSA) is 98.5 Å². The largest absolute Gasteiger partial charge is 0.453 e. The second-order valence-corrected chi connectivity index (χ2v) is 6.36.